The molecule has 2 heterocycles. The van der Waals surface area contributed by atoms with Gasteiger partial charge in [0, 0.05) is 11.2 Å². The topological polar surface area (TPSA) is 71.4 Å². The Labute approximate surface area is 148 Å². The van der Waals surface area contributed by atoms with E-state index in [1.54, 1.807) is 36.5 Å². The Hall–Kier alpha value is -2.22. The number of aromatic nitrogens is 1. The highest BCUT2D eigenvalue weighted by molar-refractivity contribution is 7.91. The minimum atomic E-state index is -3.71. The number of benzene rings is 1. The molecule has 1 aromatic carbocycles. The maximum Gasteiger partial charge on any atom is 0.286 e. The maximum absolute atomic E-state index is 12.3. The summed E-state index contributed by atoms with van der Waals surface area (Å²) in [5.74, 6) is 0. The van der Waals surface area contributed by atoms with Gasteiger partial charge in [-0.3, -0.25) is 4.98 Å². The van der Waals surface area contributed by atoms with Crippen molar-refractivity contribution in [2.45, 2.75) is 4.21 Å². The molecule has 0 unspecified atom stereocenters. The molecule has 0 radical (unpaired) electrons. The first kappa shape index (κ1) is 16.6. The van der Waals surface area contributed by atoms with Crippen LogP contribution in [0, 0.1) is 0 Å². The number of sulfonamides is 1. The smallest absolute Gasteiger partial charge is 0.255 e. The average molecular weight is 378 g/mol. The van der Waals surface area contributed by atoms with Crippen molar-refractivity contribution in [3.8, 4) is 10.6 Å². The van der Waals surface area contributed by atoms with E-state index in [0.717, 1.165) is 27.5 Å². The molecule has 3 aromatic rings. The number of nitrogens with one attached hydrogen (secondary N) is 1. The number of hydrazone groups is 1. The Morgan fingerprint density at radius 2 is 1.88 bits per heavy atom. The number of halogens is 1. The normalized spacial score (nSPS) is 11.7. The minimum Gasteiger partial charge on any atom is -0.255 e. The van der Waals surface area contributed by atoms with Gasteiger partial charge in [-0.2, -0.15) is 18.4 Å². The lowest BCUT2D eigenvalue weighted by Gasteiger charge is -2.00. The van der Waals surface area contributed by atoms with Gasteiger partial charge in [0.1, 0.15) is 4.21 Å². The van der Waals surface area contributed by atoms with E-state index in [0.29, 0.717) is 5.02 Å². The Kier molecular flexibility index (Phi) is 4.94. The third-order valence-corrected chi connectivity index (χ3v) is 6.09. The monoisotopic (exact) mass is 377 g/mol. The second-order valence-corrected chi connectivity index (χ2v) is 8.15. The van der Waals surface area contributed by atoms with Crippen molar-refractivity contribution in [1.29, 1.82) is 0 Å². The molecule has 0 amide bonds. The first-order valence-electron chi connectivity index (χ1n) is 6.86. The largest absolute Gasteiger partial charge is 0.286 e. The Balaban J connectivity index is 1.74. The van der Waals surface area contributed by atoms with Crippen LogP contribution in [0.4, 0.5) is 0 Å². The summed E-state index contributed by atoms with van der Waals surface area (Å²) < 4.78 is 24.7. The second kappa shape index (κ2) is 7.12. The number of nitrogens with zero attached hydrogens (tertiary/aromatic N) is 2. The summed E-state index contributed by atoms with van der Waals surface area (Å²) in [4.78, 5) is 7.19. The lowest BCUT2D eigenvalue weighted by molar-refractivity contribution is 0.587. The van der Waals surface area contributed by atoms with Crippen LogP contribution in [0.3, 0.4) is 0 Å². The lowest BCUT2D eigenvalue weighted by Crippen LogP contribution is -2.17. The summed E-state index contributed by atoms with van der Waals surface area (Å²) in [7, 11) is -3.71. The van der Waals surface area contributed by atoms with Crippen molar-refractivity contribution >= 4 is 39.2 Å². The van der Waals surface area contributed by atoms with E-state index >= 15 is 0 Å². The summed E-state index contributed by atoms with van der Waals surface area (Å²) in [6.45, 7) is 0. The standard InChI is InChI=1S/C16H12ClN3O2S2/c17-13-6-4-12(5-7-13)11-19-20-24(21,22)16-9-8-15(23-16)14-3-1-2-10-18-14/h1-11,20H/b19-11-. The van der Waals surface area contributed by atoms with Crippen LogP contribution in [0.15, 0.2) is 70.1 Å². The molecule has 0 atom stereocenters. The molecule has 8 heteroatoms. The third kappa shape index (κ3) is 4.00. The molecule has 5 nitrogen and oxygen atoms in total. The van der Waals surface area contributed by atoms with Gasteiger partial charge >= 0.3 is 0 Å². The van der Waals surface area contributed by atoms with E-state index in [2.05, 4.69) is 14.9 Å². The van der Waals surface area contributed by atoms with Crippen LogP contribution in [0.5, 0.6) is 0 Å². The van der Waals surface area contributed by atoms with E-state index in [-0.39, 0.29) is 4.21 Å². The predicted octanol–water partition coefficient (Wildman–Crippen LogP) is 3.78. The van der Waals surface area contributed by atoms with E-state index in [4.69, 9.17) is 11.6 Å². The van der Waals surface area contributed by atoms with Crippen molar-refractivity contribution in [2.24, 2.45) is 5.10 Å². The Bertz CT molecular complexity index is 953. The van der Waals surface area contributed by atoms with Gasteiger partial charge in [-0.1, -0.05) is 29.8 Å². The Morgan fingerprint density at radius 3 is 2.58 bits per heavy atom. The number of hydrogen-bond donors (Lipinski definition) is 1. The molecule has 122 valence electrons. The van der Waals surface area contributed by atoms with Crippen LogP contribution in [0.1, 0.15) is 5.56 Å². The SMILES string of the molecule is O=S(=O)(N/N=C\c1ccc(Cl)cc1)c1ccc(-c2ccccn2)s1. The van der Waals surface area contributed by atoms with E-state index in [1.165, 1.54) is 12.3 Å². The maximum atomic E-state index is 12.3. The molecule has 0 aliphatic heterocycles. The number of hydrogen-bond acceptors (Lipinski definition) is 5. The van der Waals surface area contributed by atoms with Gasteiger partial charge in [0.05, 0.1) is 16.8 Å². The highest BCUT2D eigenvalue weighted by atomic mass is 35.5. The van der Waals surface area contributed by atoms with Crippen molar-refractivity contribution in [1.82, 2.24) is 9.82 Å². The zero-order valence-electron chi connectivity index (χ0n) is 12.3. The molecule has 0 spiro atoms. The van der Waals surface area contributed by atoms with Gasteiger partial charge in [-0.05, 0) is 42.0 Å². The van der Waals surface area contributed by atoms with Gasteiger partial charge < -0.3 is 0 Å². The van der Waals surface area contributed by atoms with Crippen LogP contribution in [0.25, 0.3) is 10.6 Å². The molecule has 0 saturated heterocycles. The predicted molar refractivity (Wildman–Crippen MR) is 96.9 cm³/mol. The average Bonchev–Trinajstić information content (AvgIpc) is 3.08. The lowest BCUT2D eigenvalue weighted by atomic mass is 10.2. The molecule has 2 aromatic heterocycles. The van der Waals surface area contributed by atoms with Gasteiger partial charge in [0.2, 0.25) is 0 Å². The number of rotatable bonds is 5. The van der Waals surface area contributed by atoms with Crippen molar-refractivity contribution in [3.05, 3.63) is 71.4 Å². The van der Waals surface area contributed by atoms with Crippen LogP contribution < -0.4 is 4.83 Å². The number of thiophene rings is 1. The quantitative estimate of drug-likeness (QED) is 0.543. The van der Waals surface area contributed by atoms with Crippen LogP contribution in [-0.2, 0) is 10.0 Å². The molecule has 0 saturated carbocycles. The third-order valence-electron chi connectivity index (χ3n) is 3.02. The van der Waals surface area contributed by atoms with Gasteiger partial charge in [-0.15, -0.1) is 11.3 Å². The second-order valence-electron chi connectivity index (χ2n) is 4.74. The summed E-state index contributed by atoms with van der Waals surface area (Å²) in [5, 5.41) is 4.39. The molecule has 1 N–H and O–H groups in total. The zero-order chi connectivity index (χ0) is 17.0. The highest BCUT2D eigenvalue weighted by Crippen LogP contribution is 2.29. The van der Waals surface area contributed by atoms with Crippen LogP contribution in [-0.4, -0.2) is 19.6 Å². The van der Waals surface area contributed by atoms with Crippen LogP contribution in [0.2, 0.25) is 5.02 Å². The fraction of sp³-hybridized carbons (Fsp3) is 0. The summed E-state index contributed by atoms with van der Waals surface area (Å²) in [6, 6.07) is 15.6. The Morgan fingerprint density at radius 1 is 1.08 bits per heavy atom. The summed E-state index contributed by atoms with van der Waals surface area (Å²) >= 11 is 6.93. The summed E-state index contributed by atoms with van der Waals surface area (Å²) in [5.41, 5.74) is 1.47. The molecule has 0 aliphatic carbocycles. The molecular weight excluding hydrogens is 366 g/mol. The molecule has 24 heavy (non-hydrogen) atoms. The fourth-order valence-corrected chi connectivity index (χ4v) is 4.06. The first-order chi connectivity index (χ1) is 11.5. The van der Waals surface area contributed by atoms with Gasteiger partial charge in [0.15, 0.2) is 0 Å². The van der Waals surface area contributed by atoms with Crippen LogP contribution >= 0.6 is 22.9 Å². The minimum absolute atomic E-state index is 0.177. The molecule has 3 rings (SSSR count). The van der Waals surface area contributed by atoms with E-state index in [9.17, 15) is 8.42 Å². The van der Waals surface area contributed by atoms with Crippen molar-refractivity contribution < 1.29 is 8.42 Å². The fourth-order valence-electron chi connectivity index (χ4n) is 1.87. The van der Waals surface area contributed by atoms with Crippen molar-refractivity contribution in [3.63, 3.8) is 0 Å². The highest BCUT2D eigenvalue weighted by Gasteiger charge is 2.16. The first-order valence-corrected chi connectivity index (χ1v) is 9.54. The molecule has 0 bridgehead atoms. The van der Waals surface area contributed by atoms with E-state index in [1.807, 2.05) is 18.2 Å². The number of pyridine rings is 1. The van der Waals surface area contributed by atoms with E-state index < -0.39 is 10.0 Å². The molecular formula is C16H12ClN3O2S2. The van der Waals surface area contributed by atoms with Gasteiger partial charge in [0.25, 0.3) is 10.0 Å². The zero-order valence-corrected chi connectivity index (χ0v) is 14.6. The van der Waals surface area contributed by atoms with Gasteiger partial charge in [-0.25, -0.2) is 0 Å². The summed E-state index contributed by atoms with van der Waals surface area (Å²) in [6.07, 6.45) is 3.08. The van der Waals surface area contributed by atoms with Crippen molar-refractivity contribution in [2.75, 3.05) is 0 Å². The molecule has 0 fully saturated rings. The molecule has 0 aliphatic rings.